The van der Waals surface area contributed by atoms with Crippen LogP contribution in [0.5, 0.6) is 0 Å². The number of nitrogens with zero attached hydrogens (tertiary/aromatic N) is 1. The normalized spacial score (nSPS) is 24.2. The summed E-state index contributed by atoms with van der Waals surface area (Å²) in [7, 11) is 0. The first-order valence-corrected chi connectivity index (χ1v) is 7.81. The number of amides is 1. The second kappa shape index (κ2) is 6.29. The highest BCUT2D eigenvalue weighted by Gasteiger charge is 2.26. The minimum atomic E-state index is -0.0802. The zero-order chi connectivity index (χ0) is 14.0. The molecule has 0 aliphatic carbocycles. The minimum Gasteiger partial charge on any atom is -0.284 e. The van der Waals surface area contributed by atoms with E-state index in [0.29, 0.717) is 17.6 Å². The number of thiol groups is 1. The maximum Gasteiger partial charge on any atom is 0.266 e. The molecule has 1 aliphatic heterocycles. The summed E-state index contributed by atoms with van der Waals surface area (Å²) in [6, 6.07) is 6.24. The second-order valence-electron chi connectivity index (χ2n) is 5.14. The van der Waals surface area contributed by atoms with Crippen molar-refractivity contribution in [1.29, 1.82) is 0 Å². The molecule has 0 radical (unpaired) electrons. The molecule has 0 aromatic heterocycles. The van der Waals surface area contributed by atoms with Crippen LogP contribution >= 0.6 is 28.6 Å². The molecule has 0 saturated carbocycles. The van der Waals surface area contributed by atoms with Gasteiger partial charge in [-0.05, 0) is 60.8 Å². The van der Waals surface area contributed by atoms with Crippen LogP contribution in [-0.4, -0.2) is 23.0 Å². The van der Waals surface area contributed by atoms with Crippen molar-refractivity contribution in [2.75, 3.05) is 0 Å². The molecule has 0 bridgehead atoms. The van der Waals surface area contributed by atoms with Gasteiger partial charge in [-0.15, -0.1) is 12.6 Å². The quantitative estimate of drug-likeness (QED) is 0.804. The van der Waals surface area contributed by atoms with Crippen LogP contribution in [0.2, 0.25) is 0 Å². The van der Waals surface area contributed by atoms with Gasteiger partial charge in [-0.25, -0.2) is 5.01 Å². The van der Waals surface area contributed by atoms with Gasteiger partial charge in [-0.3, -0.25) is 10.2 Å². The van der Waals surface area contributed by atoms with E-state index >= 15 is 0 Å². The van der Waals surface area contributed by atoms with Crippen molar-refractivity contribution in [1.82, 2.24) is 10.4 Å². The number of rotatable bonds is 2. The summed E-state index contributed by atoms with van der Waals surface area (Å²) in [5.41, 5.74) is 3.66. The molecule has 1 fully saturated rings. The molecule has 1 aliphatic rings. The maximum atomic E-state index is 12.4. The Morgan fingerprint density at radius 2 is 2.00 bits per heavy atom. The van der Waals surface area contributed by atoms with E-state index in [1.807, 2.05) is 12.1 Å². The Morgan fingerprint density at radius 3 is 2.63 bits per heavy atom. The van der Waals surface area contributed by atoms with E-state index in [2.05, 4.69) is 52.8 Å². The number of halogens is 1. The molecule has 1 aromatic carbocycles. The summed E-state index contributed by atoms with van der Waals surface area (Å²) in [5.74, 6) is -0.0802. The van der Waals surface area contributed by atoms with E-state index in [4.69, 9.17) is 0 Å². The monoisotopic (exact) mass is 342 g/mol. The first kappa shape index (κ1) is 14.9. The number of hydrogen-bond acceptors (Lipinski definition) is 3. The zero-order valence-corrected chi connectivity index (χ0v) is 13.7. The van der Waals surface area contributed by atoms with Crippen molar-refractivity contribution in [3.05, 3.63) is 28.2 Å². The predicted octanol–water partition coefficient (Wildman–Crippen LogP) is 3.65. The van der Waals surface area contributed by atoms with Crippen LogP contribution in [0, 0.1) is 0 Å². The molecule has 2 atom stereocenters. The maximum absolute atomic E-state index is 12.4. The third-order valence-corrected chi connectivity index (χ3v) is 4.59. The molecule has 19 heavy (non-hydrogen) atoms. The summed E-state index contributed by atoms with van der Waals surface area (Å²) in [4.78, 5) is 13.1. The summed E-state index contributed by atoms with van der Waals surface area (Å²) in [6.45, 7) is 4.31. The Balaban J connectivity index is 2.14. The Hall–Kier alpha value is -0.520. The van der Waals surface area contributed by atoms with Crippen molar-refractivity contribution in [3.63, 3.8) is 0 Å². The zero-order valence-electron chi connectivity index (χ0n) is 11.2. The molecule has 1 amide bonds. The van der Waals surface area contributed by atoms with Gasteiger partial charge in [0, 0.05) is 21.5 Å². The lowest BCUT2D eigenvalue weighted by atomic mass is 10.00. The lowest BCUT2D eigenvalue weighted by Gasteiger charge is -2.38. The predicted molar refractivity (Wildman–Crippen MR) is 83.5 cm³/mol. The summed E-state index contributed by atoms with van der Waals surface area (Å²) < 4.78 is 0.792. The number of hydrazine groups is 1. The van der Waals surface area contributed by atoms with Gasteiger partial charge in [0.15, 0.2) is 0 Å². The third kappa shape index (κ3) is 3.52. The van der Waals surface area contributed by atoms with Gasteiger partial charge in [-0.2, -0.15) is 0 Å². The van der Waals surface area contributed by atoms with Gasteiger partial charge < -0.3 is 0 Å². The van der Waals surface area contributed by atoms with Crippen LogP contribution in [0.3, 0.4) is 0 Å². The molecule has 1 N–H and O–H groups in total. The fourth-order valence-corrected chi connectivity index (χ4v) is 3.14. The molecular formula is C14H19BrN2OS. The topological polar surface area (TPSA) is 32.3 Å². The average molecular weight is 343 g/mol. The minimum absolute atomic E-state index is 0.0802. The van der Waals surface area contributed by atoms with Crippen LogP contribution in [-0.2, 0) is 0 Å². The van der Waals surface area contributed by atoms with Crippen molar-refractivity contribution in [2.45, 2.75) is 50.1 Å². The van der Waals surface area contributed by atoms with Gasteiger partial charge in [0.1, 0.15) is 0 Å². The van der Waals surface area contributed by atoms with E-state index in [1.54, 1.807) is 6.07 Å². The Morgan fingerprint density at radius 1 is 1.37 bits per heavy atom. The molecule has 1 heterocycles. The van der Waals surface area contributed by atoms with Crippen LogP contribution < -0.4 is 5.43 Å². The summed E-state index contributed by atoms with van der Waals surface area (Å²) in [5, 5.41) is 2.07. The number of benzene rings is 1. The first-order chi connectivity index (χ1) is 8.99. The van der Waals surface area contributed by atoms with Crippen molar-refractivity contribution >= 4 is 34.5 Å². The average Bonchev–Trinajstić information content (AvgIpc) is 2.37. The molecule has 0 spiro atoms. The number of nitrogens with one attached hydrogen (secondary N) is 1. The van der Waals surface area contributed by atoms with Crippen LogP contribution in [0.4, 0.5) is 0 Å². The van der Waals surface area contributed by atoms with Crippen LogP contribution in [0.15, 0.2) is 27.6 Å². The summed E-state index contributed by atoms with van der Waals surface area (Å²) >= 11 is 7.70. The Labute approximate surface area is 128 Å². The standard InChI is InChI=1S/C14H19BrN2OS/c1-9-4-3-5-10(2)17(9)16-14(18)12-8-11(19)6-7-13(12)15/h6-10,19H,3-5H2,1-2H3,(H,16,18). The van der Waals surface area contributed by atoms with Gasteiger partial charge >= 0.3 is 0 Å². The fraction of sp³-hybridized carbons (Fsp3) is 0.500. The van der Waals surface area contributed by atoms with Crippen molar-refractivity contribution < 1.29 is 4.79 Å². The highest BCUT2D eigenvalue weighted by Crippen LogP contribution is 2.23. The molecule has 1 aromatic rings. The third-order valence-electron chi connectivity index (χ3n) is 3.62. The summed E-state index contributed by atoms with van der Waals surface area (Å²) in [6.07, 6.45) is 3.47. The van der Waals surface area contributed by atoms with Gasteiger partial charge in [0.2, 0.25) is 0 Å². The Bertz CT molecular complexity index is 471. The number of carbonyl (C=O) groups excluding carboxylic acids is 1. The number of piperidine rings is 1. The van der Waals surface area contributed by atoms with Gasteiger partial charge in [0.05, 0.1) is 5.56 Å². The fourth-order valence-electron chi connectivity index (χ4n) is 2.51. The van der Waals surface area contributed by atoms with E-state index in [1.165, 1.54) is 6.42 Å². The van der Waals surface area contributed by atoms with Gasteiger partial charge in [0.25, 0.3) is 5.91 Å². The molecule has 1 saturated heterocycles. The SMILES string of the molecule is CC1CCCC(C)N1NC(=O)c1cc(S)ccc1Br. The Kier molecular flexibility index (Phi) is 4.92. The van der Waals surface area contributed by atoms with Crippen LogP contribution in [0.25, 0.3) is 0 Å². The lowest BCUT2D eigenvalue weighted by molar-refractivity contribution is 0.0369. The van der Waals surface area contributed by atoms with E-state index in [-0.39, 0.29) is 5.91 Å². The molecular weight excluding hydrogens is 324 g/mol. The highest BCUT2D eigenvalue weighted by molar-refractivity contribution is 9.10. The lowest BCUT2D eigenvalue weighted by Crippen LogP contribution is -2.54. The molecule has 3 nitrogen and oxygen atoms in total. The smallest absolute Gasteiger partial charge is 0.266 e. The van der Waals surface area contributed by atoms with Crippen LogP contribution in [0.1, 0.15) is 43.5 Å². The molecule has 5 heteroatoms. The molecule has 104 valence electrons. The largest absolute Gasteiger partial charge is 0.284 e. The second-order valence-corrected chi connectivity index (χ2v) is 6.51. The van der Waals surface area contributed by atoms with Crippen molar-refractivity contribution in [2.24, 2.45) is 0 Å². The van der Waals surface area contributed by atoms with Crippen molar-refractivity contribution in [3.8, 4) is 0 Å². The van der Waals surface area contributed by atoms with Gasteiger partial charge in [-0.1, -0.05) is 6.42 Å². The van der Waals surface area contributed by atoms with E-state index < -0.39 is 0 Å². The van der Waals surface area contributed by atoms with E-state index in [0.717, 1.165) is 22.2 Å². The molecule has 2 unspecified atom stereocenters. The number of carbonyl (C=O) groups is 1. The highest BCUT2D eigenvalue weighted by atomic mass is 79.9. The first-order valence-electron chi connectivity index (χ1n) is 6.57. The van der Waals surface area contributed by atoms with E-state index in [9.17, 15) is 4.79 Å². The number of hydrogen-bond donors (Lipinski definition) is 2. The molecule has 2 rings (SSSR count).